The monoisotopic (exact) mass is 543 g/mol. The minimum atomic E-state index is -0.401. The minimum Gasteiger partial charge on any atom is -0.465 e. The van der Waals surface area contributed by atoms with Crippen molar-refractivity contribution in [3.8, 4) is 0 Å². The maximum atomic E-state index is 11.8. The third-order valence-electron chi connectivity index (χ3n) is 7.65. The Labute approximate surface area is 234 Å². The first-order valence-electron chi connectivity index (χ1n) is 15.6. The molecule has 0 amide bonds. The molecule has 0 radical (unpaired) electrons. The molecule has 2 unspecified atom stereocenters. The number of hydrogen-bond donors (Lipinski definition) is 2. The summed E-state index contributed by atoms with van der Waals surface area (Å²) >= 11 is 0. The van der Waals surface area contributed by atoms with Crippen molar-refractivity contribution in [1.82, 2.24) is 4.90 Å². The molecule has 0 aliphatic heterocycles. The largest absolute Gasteiger partial charge is 0.465 e. The number of esters is 2. The summed E-state index contributed by atoms with van der Waals surface area (Å²) in [5.41, 5.74) is 0. The summed E-state index contributed by atoms with van der Waals surface area (Å²) in [6.45, 7) is 10.7. The zero-order chi connectivity index (χ0) is 28.6. The first-order valence-corrected chi connectivity index (χ1v) is 15.6. The van der Waals surface area contributed by atoms with E-state index in [1.54, 1.807) is 0 Å². The van der Waals surface area contributed by atoms with E-state index in [1.165, 1.54) is 0 Å². The Bertz CT molecular complexity index is 517. The van der Waals surface area contributed by atoms with Gasteiger partial charge in [-0.2, -0.15) is 0 Å². The van der Waals surface area contributed by atoms with E-state index < -0.39 is 12.2 Å². The highest BCUT2D eigenvalue weighted by Gasteiger charge is 2.13. The van der Waals surface area contributed by atoms with Crippen LogP contribution >= 0.6 is 0 Å². The summed E-state index contributed by atoms with van der Waals surface area (Å²) in [6, 6.07) is 0. The second-order valence-corrected chi connectivity index (χ2v) is 11.2. The van der Waals surface area contributed by atoms with Crippen molar-refractivity contribution in [3.05, 3.63) is 0 Å². The number of rotatable bonds is 26. The SMILES string of the molecule is CCC(CC)COC(=O)CCCCCCC(O)CN(C)CC(O)CCCCCCC(=O)OCC(CC)CC. The number of aliphatic hydroxyl groups is 2. The number of nitrogens with zero attached hydrogens (tertiary/aromatic N) is 1. The van der Waals surface area contributed by atoms with Crippen molar-refractivity contribution < 1.29 is 29.3 Å². The van der Waals surface area contributed by atoms with Gasteiger partial charge in [0, 0.05) is 25.9 Å². The van der Waals surface area contributed by atoms with Gasteiger partial charge in [0.25, 0.3) is 0 Å². The molecule has 7 heteroatoms. The van der Waals surface area contributed by atoms with Crippen LogP contribution in [-0.2, 0) is 19.1 Å². The summed E-state index contributed by atoms with van der Waals surface area (Å²) in [5.74, 6) is 0.754. The third-order valence-corrected chi connectivity index (χ3v) is 7.65. The van der Waals surface area contributed by atoms with Gasteiger partial charge < -0.3 is 24.6 Å². The molecular weight excluding hydrogens is 482 g/mol. The van der Waals surface area contributed by atoms with Gasteiger partial charge in [-0.05, 0) is 44.6 Å². The highest BCUT2D eigenvalue weighted by molar-refractivity contribution is 5.69. The molecule has 2 atom stereocenters. The van der Waals surface area contributed by atoms with Crippen LogP contribution in [-0.4, -0.2) is 72.6 Å². The lowest BCUT2D eigenvalue weighted by Gasteiger charge is -2.23. The molecule has 0 aliphatic carbocycles. The lowest BCUT2D eigenvalue weighted by atomic mass is 10.1. The quantitative estimate of drug-likeness (QED) is 0.0979. The summed E-state index contributed by atoms with van der Waals surface area (Å²) in [4.78, 5) is 25.6. The predicted octanol–water partition coefficient (Wildman–Crippen LogP) is 6.28. The average Bonchev–Trinajstić information content (AvgIpc) is 2.89. The third kappa shape index (κ3) is 21.7. The van der Waals surface area contributed by atoms with Crippen molar-refractivity contribution in [1.29, 1.82) is 0 Å². The van der Waals surface area contributed by atoms with E-state index in [4.69, 9.17) is 9.47 Å². The predicted molar refractivity (Wildman–Crippen MR) is 155 cm³/mol. The molecule has 0 heterocycles. The minimum absolute atomic E-state index is 0.0929. The lowest BCUT2D eigenvalue weighted by molar-refractivity contribution is -0.146. The molecule has 0 rings (SSSR count). The van der Waals surface area contributed by atoms with Crippen molar-refractivity contribution in [2.45, 2.75) is 143 Å². The molecule has 226 valence electrons. The van der Waals surface area contributed by atoms with Crippen molar-refractivity contribution in [2.75, 3.05) is 33.4 Å². The number of unbranched alkanes of at least 4 members (excludes halogenated alkanes) is 6. The molecule has 0 spiro atoms. The van der Waals surface area contributed by atoms with Crippen LogP contribution in [0.2, 0.25) is 0 Å². The van der Waals surface area contributed by atoms with Gasteiger partial charge in [0.2, 0.25) is 0 Å². The van der Waals surface area contributed by atoms with E-state index in [0.717, 1.165) is 89.9 Å². The van der Waals surface area contributed by atoms with Gasteiger partial charge in [-0.3, -0.25) is 9.59 Å². The average molecular weight is 544 g/mol. The van der Waals surface area contributed by atoms with E-state index in [9.17, 15) is 19.8 Å². The molecule has 0 saturated carbocycles. The summed E-state index contributed by atoms with van der Waals surface area (Å²) in [7, 11) is 1.94. The number of hydrogen-bond acceptors (Lipinski definition) is 7. The normalized spacial score (nSPS) is 13.3. The highest BCUT2D eigenvalue weighted by atomic mass is 16.5. The molecule has 0 aliphatic rings. The molecule has 0 aromatic rings. The van der Waals surface area contributed by atoms with Crippen LogP contribution in [0.25, 0.3) is 0 Å². The molecule has 7 nitrogen and oxygen atoms in total. The fraction of sp³-hybridized carbons (Fsp3) is 0.935. The standard InChI is InChI=1S/C31H61NO6/c1-6-26(7-2)24-37-30(35)20-16-12-10-14-18-28(33)22-32(5)23-29(34)19-15-11-13-17-21-31(36)38-25-27(8-3)9-4/h26-29,33-34H,6-25H2,1-5H3. The summed E-state index contributed by atoms with van der Waals surface area (Å²) in [6.07, 6.45) is 13.3. The lowest BCUT2D eigenvalue weighted by Crippen LogP contribution is -2.35. The maximum Gasteiger partial charge on any atom is 0.305 e. The van der Waals surface area contributed by atoms with E-state index in [2.05, 4.69) is 27.7 Å². The number of carbonyl (C=O) groups is 2. The molecule has 0 aromatic carbocycles. The Morgan fingerprint density at radius 3 is 1.29 bits per heavy atom. The molecule has 38 heavy (non-hydrogen) atoms. The Morgan fingerprint density at radius 1 is 0.605 bits per heavy atom. The van der Waals surface area contributed by atoms with E-state index in [1.807, 2.05) is 11.9 Å². The van der Waals surface area contributed by atoms with Crippen molar-refractivity contribution >= 4 is 11.9 Å². The topological polar surface area (TPSA) is 96.3 Å². The summed E-state index contributed by atoms with van der Waals surface area (Å²) in [5, 5.41) is 20.7. The van der Waals surface area contributed by atoms with Gasteiger partial charge >= 0.3 is 11.9 Å². The van der Waals surface area contributed by atoms with Crippen LogP contribution in [0.15, 0.2) is 0 Å². The Morgan fingerprint density at radius 2 is 0.947 bits per heavy atom. The van der Waals surface area contributed by atoms with Gasteiger partial charge in [0.15, 0.2) is 0 Å². The number of aliphatic hydroxyl groups excluding tert-OH is 2. The number of carbonyl (C=O) groups excluding carboxylic acids is 2. The fourth-order valence-corrected chi connectivity index (χ4v) is 4.60. The van der Waals surface area contributed by atoms with Crippen molar-refractivity contribution in [2.24, 2.45) is 11.8 Å². The number of ether oxygens (including phenoxy) is 2. The summed E-state index contributed by atoms with van der Waals surface area (Å²) < 4.78 is 10.7. The molecule has 0 aromatic heterocycles. The fourth-order valence-electron chi connectivity index (χ4n) is 4.60. The van der Waals surface area contributed by atoms with E-state index >= 15 is 0 Å². The van der Waals surface area contributed by atoms with Crippen LogP contribution in [0, 0.1) is 11.8 Å². The van der Waals surface area contributed by atoms with Crippen molar-refractivity contribution in [3.63, 3.8) is 0 Å². The molecular formula is C31H61NO6. The Hall–Kier alpha value is -1.18. The van der Waals surface area contributed by atoms with E-state index in [-0.39, 0.29) is 11.9 Å². The van der Waals surface area contributed by atoms with Crippen LogP contribution in [0.5, 0.6) is 0 Å². The molecule has 0 bridgehead atoms. The maximum absolute atomic E-state index is 11.8. The zero-order valence-electron chi connectivity index (χ0n) is 25.4. The van der Waals surface area contributed by atoms with Crippen LogP contribution < -0.4 is 0 Å². The first-order chi connectivity index (χ1) is 18.2. The molecule has 0 fully saturated rings. The van der Waals surface area contributed by atoms with Gasteiger partial charge in [-0.1, -0.05) is 91.9 Å². The molecule has 0 saturated heterocycles. The van der Waals surface area contributed by atoms with E-state index in [0.29, 0.717) is 51.0 Å². The Kier molecular flexibility index (Phi) is 24.1. The van der Waals surface area contributed by atoms with Crippen LogP contribution in [0.3, 0.4) is 0 Å². The number of likely N-dealkylation sites (N-methyl/N-ethyl adjacent to an activating group) is 1. The Balaban J connectivity index is 3.70. The zero-order valence-corrected chi connectivity index (χ0v) is 25.4. The van der Waals surface area contributed by atoms with Gasteiger partial charge in [-0.25, -0.2) is 0 Å². The highest BCUT2D eigenvalue weighted by Crippen LogP contribution is 2.13. The van der Waals surface area contributed by atoms with Gasteiger partial charge in [0.1, 0.15) is 0 Å². The first kappa shape index (κ1) is 36.8. The van der Waals surface area contributed by atoms with Crippen LogP contribution in [0.1, 0.15) is 130 Å². The second kappa shape index (κ2) is 24.8. The smallest absolute Gasteiger partial charge is 0.305 e. The van der Waals surface area contributed by atoms with Crippen LogP contribution in [0.4, 0.5) is 0 Å². The van der Waals surface area contributed by atoms with Gasteiger partial charge in [-0.15, -0.1) is 0 Å². The molecule has 2 N–H and O–H groups in total. The second-order valence-electron chi connectivity index (χ2n) is 11.2. The van der Waals surface area contributed by atoms with Gasteiger partial charge in [0.05, 0.1) is 25.4 Å².